The molecule has 24 heavy (non-hydrogen) atoms. The fraction of sp³-hybridized carbons (Fsp3) is 0.353. The summed E-state index contributed by atoms with van der Waals surface area (Å²) in [5, 5.41) is 14.2. The molecule has 0 bridgehead atoms. The first-order valence-electron chi connectivity index (χ1n) is 7.80. The molecule has 0 spiro atoms. The lowest BCUT2D eigenvalue weighted by atomic mass is 9.92. The first kappa shape index (κ1) is 16.5. The summed E-state index contributed by atoms with van der Waals surface area (Å²) in [4.78, 5) is 25.6. The van der Waals surface area contributed by atoms with E-state index in [0.29, 0.717) is 29.5 Å². The molecular formula is C17H18ClN3O3. The van der Waals surface area contributed by atoms with Gasteiger partial charge in [0.1, 0.15) is 6.04 Å². The Labute approximate surface area is 144 Å². The van der Waals surface area contributed by atoms with Crippen molar-refractivity contribution in [1.82, 2.24) is 14.7 Å². The number of carboxylic acid groups (broad SMARTS) is 1. The van der Waals surface area contributed by atoms with Crippen LogP contribution in [-0.2, 0) is 4.79 Å². The van der Waals surface area contributed by atoms with Gasteiger partial charge in [-0.15, -0.1) is 0 Å². The SMILES string of the molecule is CC1CCN(C(=O)c2cnn(-c3cccc(Cl)c3)c2)C(C(=O)O)C1. The topological polar surface area (TPSA) is 75.4 Å². The van der Waals surface area contributed by atoms with Crippen LogP contribution >= 0.6 is 11.6 Å². The molecule has 1 aromatic heterocycles. The molecule has 1 fully saturated rings. The second-order valence-electron chi connectivity index (χ2n) is 6.14. The number of carboxylic acids is 1. The van der Waals surface area contributed by atoms with E-state index in [-0.39, 0.29) is 5.91 Å². The third kappa shape index (κ3) is 3.28. The van der Waals surface area contributed by atoms with Crippen molar-refractivity contribution >= 4 is 23.5 Å². The summed E-state index contributed by atoms with van der Waals surface area (Å²) in [7, 11) is 0. The van der Waals surface area contributed by atoms with Crippen LogP contribution in [0.2, 0.25) is 5.02 Å². The predicted octanol–water partition coefficient (Wildman–Crippen LogP) is 2.85. The number of carbonyl (C=O) groups is 2. The summed E-state index contributed by atoms with van der Waals surface area (Å²) in [6.45, 7) is 2.45. The van der Waals surface area contributed by atoms with Gasteiger partial charge in [0.05, 0.1) is 17.4 Å². The molecule has 0 saturated carbocycles. The second-order valence-corrected chi connectivity index (χ2v) is 6.57. The van der Waals surface area contributed by atoms with Crippen molar-refractivity contribution in [2.45, 2.75) is 25.8 Å². The Morgan fingerprint density at radius 2 is 2.17 bits per heavy atom. The molecule has 0 aliphatic carbocycles. The molecule has 2 unspecified atom stereocenters. The molecule has 3 rings (SSSR count). The molecule has 1 aliphatic rings. The van der Waals surface area contributed by atoms with Crippen LogP contribution in [0, 0.1) is 5.92 Å². The van der Waals surface area contributed by atoms with Gasteiger partial charge in [-0.2, -0.15) is 5.10 Å². The first-order valence-corrected chi connectivity index (χ1v) is 8.18. The Kier molecular flexibility index (Phi) is 4.57. The number of rotatable bonds is 3. The minimum Gasteiger partial charge on any atom is -0.480 e. The van der Waals surface area contributed by atoms with Crippen LogP contribution in [0.4, 0.5) is 0 Å². The van der Waals surface area contributed by atoms with E-state index in [2.05, 4.69) is 5.10 Å². The summed E-state index contributed by atoms with van der Waals surface area (Å²) in [6.07, 6.45) is 4.34. The number of aromatic nitrogens is 2. The van der Waals surface area contributed by atoms with Crippen molar-refractivity contribution < 1.29 is 14.7 Å². The van der Waals surface area contributed by atoms with Crippen molar-refractivity contribution in [3.8, 4) is 5.69 Å². The maximum absolute atomic E-state index is 12.7. The Morgan fingerprint density at radius 1 is 1.38 bits per heavy atom. The van der Waals surface area contributed by atoms with Gasteiger partial charge in [0.15, 0.2) is 0 Å². The molecule has 1 saturated heterocycles. The third-order valence-corrected chi connectivity index (χ3v) is 4.55. The van der Waals surface area contributed by atoms with Crippen LogP contribution in [0.3, 0.4) is 0 Å². The highest BCUT2D eigenvalue weighted by Gasteiger charge is 2.35. The molecule has 7 heteroatoms. The molecule has 1 aliphatic heterocycles. The molecule has 1 N–H and O–H groups in total. The fourth-order valence-electron chi connectivity index (χ4n) is 2.98. The Hall–Kier alpha value is -2.34. The molecule has 2 aromatic rings. The van der Waals surface area contributed by atoms with Crippen LogP contribution < -0.4 is 0 Å². The van der Waals surface area contributed by atoms with Gasteiger partial charge in [0.25, 0.3) is 5.91 Å². The normalized spacial score (nSPS) is 20.8. The first-order chi connectivity index (χ1) is 11.5. The average Bonchev–Trinajstić information content (AvgIpc) is 3.04. The highest BCUT2D eigenvalue weighted by Crippen LogP contribution is 2.24. The predicted molar refractivity (Wildman–Crippen MR) is 89.4 cm³/mol. The number of carbonyl (C=O) groups excluding carboxylic acids is 1. The molecule has 2 atom stereocenters. The van der Waals surface area contributed by atoms with Crippen molar-refractivity contribution in [3.05, 3.63) is 47.2 Å². The van der Waals surface area contributed by atoms with Gasteiger partial charge in [-0.05, 0) is 37.0 Å². The van der Waals surface area contributed by atoms with Gasteiger partial charge in [0.2, 0.25) is 0 Å². The zero-order chi connectivity index (χ0) is 17.3. The van der Waals surface area contributed by atoms with E-state index in [1.807, 2.05) is 13.0 Å². The van der Waals surface area contributed by atoms with Gasteiger partial charge >= 0.3 is 5.97 Å². The van der Waals surface area contributed by atoms with E-state index in [4.69, 9.17) is 11.6 Å². The van der Waals surface area contributed by atoms with E-state index in [1.165, 1.54) is 11.1 Å². The number of piperidine rings is 1. The van der Waals surface area contributed by atoms with E-state index in [0.717, 1.165) is 12.1 Å². The summed E-state index contributed by atoms with van der Waals surface area (Å²) in [5.41, 5.74) is 1.11. The van der Waals surface area contributed by atoms with E-state index < -0.39 is 12.0 Å². The Bertz CT molecular complexity index is 774. The lowest BCUT2D eigenvalue weighted by Crippen LogP contribution is -2.49. The molecule has 0 radical (unpaired) electrons. The summed E-state index contributed by atoms with van der Waals surface area (Å²) in [6, 6.07) is 6.34. The number of hydrogen-bond acceptors (Lipinski definition) is 3. The fourth-order valence-corrected chi connectivity index (χ4v) is 3.16. The van der Waals surface area contributed by atoms with E-state index in [1.54, 1.807) is 29.1 Å². The monoisotopic (exact) mass is 347 g/mol. The van der Waals surface area contributed by atoms with Gasteiger partial charge in [-0.25, -0.2) is 9.48 Å². The van der Waals surface area contributed by atoms with Crippen LogP contribution in [-0.4, -0.2) is 44.3 Å². The van der Waals surface area contributed by atoms with Crippen molar-refractivity contribution in [2.75, 3.05) is 6.54 Å². The lowest BCUT2D eigenvalue weighted by Gasteiger charge is -2.35. The minimum atomic E-state index is -0.961. The quantitative estimate of drug-likeness (QED) is 0.926. The van der Waals surface area contributed by atoms with Crippen molar-refractivity contribution in [2.24, 2.45) is 5.92 Å². The van der Waals surface area contributed by atoms with E-state index >= 15 is 0 Å². The van der Waals surface area contributed by atoms with Crippen molar-refractivity contribution in [3.63, 3.8) is 0 Å². The Morgan fingerprint density at radius 3 is 2.88 bits per heavy atom. The molecule has 6 nitrogen and oxygen atoms in total. The Balaban J connectivity index is 1.84. The van der Waals surface area contributed by atoms with Gasteiger partial charge in [-0.3, -0.25) is 4.79 Å². The number of hydrogen-bond donors (Lipinski definition) is 1. The zero-order valence-electron chi connectivity index (χ0n) is 13.2. The highest BCUT2D eigenvalue weighted by atomic mass is 35.5. The van der Waals surface area contributed by atoms with Crippen LogP contribution in [0.1, 0.15) is 30.1 Å². The second kappa shape index (κ2) is 6.65. The van der Waals surface area contributed by atoms with Gasteiger partial charge in [-0.1, -0.05) is 24.6 Å². The maximum Gasteiger partial charge on any atom is 0.326 e. The van der Waals surface area contributed by atoms with Crippen LogP contribution in [0.15, 0.2) is 36.7 Å². The summed E-state index contributed by atoms with van der Waals surface area (Å²) >= 11 is 5.97. The maximum atomic E-state index is 12.7. The van der Waals surface area contributed by atoms with Gasteiger partial charge in [0, 0.05) is 17.8 Å². The molecule has 126 valence electrons. The summed E-state index contributed by atoms with van der Waals surface area (Å²) in [5.74, 6) is -0.968. The van der Waals surface area contributed by atoms with E-state index in [9.17, 15) is 14.7 Å². The lowest BCUT2D eigenvalue weighted by molar-refractivity contribution is -0.144. The minimum absolute atomic E-state index is 0.296. The summed E-state index contributed by atoms with van der Waals surface area (Å²) < 4.78 is 1.56. The highest BCUT2D eigenvalue weighted by molar-refractivity contribution is 6.30. The standard InChI is InChI=1S/C17H18ClN3O3/c1-11-5-6-20(15(7-11)17(23)24)16(22)12-9-19-21(10-12)14-4-2-3-13(18)8-14/h2-4,8-11,15H,5-7H2,1H3,(H,23,24). The number of halogens is 1. The number of likely N-dealkylation sites (tertiary alicyclic amines) is 1. The zero-order valence-corrected chi connectivity index (χ0v) is 14.0. The average molecular weight is 348 g/mol. The number of amides is 1. The van der Waals surface area contributed by atoms with Crippen LogP contribution in [0.25, 0.3) is 5.69 Å². The third-order valence-electron chi connectivity index (χ3n) is 4.31. The number of benzene rings is 1. The largest absolute Gasteiger partial charge is 0.480 e. The number of nitrogens with zero attached hydrogens (tertiary/aromatic N) is 3. The molecule has 1 aromatic carbocycles. The molecular weight excluding hydrogens is 330 g/mol. The smallest absolute Gasteiger partial charge is 0.326 e. The van der Waals surface area contributed by atoms with Crippen LogP contribution in [0.5, 0.6) is 0 Å². The van der Waals surface area contributed by atoms with Gasteiger partial charge < -0.3 is 10.0 Å². The van der Waals surface area contributed by atoms with Crippen molar-refractivity contribution in [1.29, 1.82) is 0 Å². The number of aliphatic carboxylic acids is 1. The molecule has 2 heterocycles. The molecule has 1 amide bonds.